The molecule has 0 fully saturated rings. The van der Waals surface area contributed by atoms with Gasteiger partial charge in [0.15, 0.2) is 0 Å². The van der Waals surface area contributed by atoms with Gasteiger partial charge in [0.05, 0.1) is 5.02 Å². The Morgan fingerprint density at radius 1 is 1.33 bits per heavy atom. The monoisotopic (exact) mass is 264 g/mol. The summed E-state index contributed by atoms with van der Waals surface area (Å²) < 4.78 is 0. The summed E-state index contributed by atoms with van der Waals surface area (Å²) in [5.74, 6) is 0.784. The molecule has 0 aliphatic rings. The molecular formula is C13H17ClN4. The van der Waals surface area contributed by atoms with Crippen LogP contribution in [0.3, 0.4) is 0 Å². The highest BCUT2D eigenvalue weighted by atomic mass is 35.5. The highest BCUT2D eigenvalue weighted by Crippen LogP contribution is 2.32. The van der Waals surface area contributed by atoms with E-state index in [0.29, 0.717) is 10.7 Å². The fourth-order valence-electron chi connectivity index (χ4n) is 1.81. The summed E-state index contributed by atoms with van der Waals surface area (Å²) in [6.45, 7) is 1.74. The Balaban J connectivity index is 2.36. The van der Waals surface area contributed by atoms with Crippen molar-refractivity contribution in [2.24, 2.45) is 0 Å². The van der Waals surface area contributed by atoms with Crippen molar-refractivity contribution >= 4 is 33.9 Å². The first-order chi connectivity index (χ1) is 8.59. The number of benzene rings is 1. The molecule has 0 aliphatic carbocycles. The van der Waals surface area contributed by atoms with Crippen LogP contribution >= 0.6 is 11.6 Å². The zero-order chi connectivity index (χ0) is 13.1. The predicted octanol–water partition coefficient (Wildman–Crippen LogP) is 2.44. The molecule has 0 saturated heterocycles. The molecule has 2 rings (SSSR count). The molecule has 1 aromatic carbocycles. The van der Waals surface area contributed by atoms with E-state index in [9.17, 15) is 0 Å². The molecule has 0 saturated carbocycles. The summed E-state index contributed by atoms with van der Waals surface area (Å²) in [7, 11) is 4.06. The Hall–Kier alpha value is -1.52. The Kier molecular flexibility index (Phi) is 3.89. The van der Waals surface area contributed by atoms with Gasteiger partial charge in [-0.2, -0.15) is 0 Å². The third kappa shape index (κ3) is 2.66. The zero-order valence-corrected chi connectivity index (χ0v) is 11.3. The number of anilines is 2. The van der Waals surface area contributed by atoms with Gasteiger partial charge in [0, 0.05) is 35.7 Å². The number of nitrogens with two attached hydrogens (primary N) is 1. The van der Waals surface area contributed by atoms with E-state index in [-0.39, 0.29) is 0 Å². The van der Waals surface area contributed by atoms with E-state index in [2.05, 4.69) is 15.2 Å². The first kappa shape index (κ1) is 12.9. The average molecular weight is 265 g/mol. The second-order valence-electron chi connectivity index (χ2n) is 4.45. The van der Waals surface area contributed by atoms with Crippen molar-refractivity contribution in [3.05, 3.63) is 29.4 Å². The second-order valence-corrected chi connectivity index (χ2v) is 4.86. The van der Waals surface area contributed by atoms with Gasteiger partial charge in [0.2, 0.25) is 0 Å². The van der Waals surface area contributed by atoms with Gasteiger partial charge in [0.25, 0.3) is 0 Å². The molecule has 4 nitrogen and oxygen atoms in total. The van der Waals surface area contributed by atoms with Gasteiger partial charge >= 0.3 is 0 Å². The van der Waals surface area contributed by atoms with Crippen LogP contribution in [0.2, 0.25) is 5.02 Å². The maximum absolute atomic E-state index is 6.23. The lowest BCUT2D eigenvalue weighted by Crippen LogP contribution is -2.21. The topological polar surface area (TPSA) is 54.2 Å². The smallest absolute Gasteiger partial charge is 0.135 e. The molecule has 0 unspecified atom stereocenters. The first-order valence-corrected chi connectivity index (χ1v) is 6.18. The summed E-state index contributed by atoms with van der Waals surface area (Å²) in [6, 6.07) is 5.50. The molecular weight excluding hydrogens is 248 g/mol. The minimum atomic E-state index is 0.666. The van der Waals surface area contributed by atoms with E-state index >= 15 is 0 Å². The lowest BCUT2D eigenvalue weighted by atomic mass is 10.1. The van der Waals surface area contributed by atoms with Crippen molar-refractivity contribution < 1.29 is 0 Å². The molecule has 1 aromatic heterocycles. The van der Waals surface area contributed by atoms with Gasteiger partial charge in [-0.3, -0.25) is 0 Å². The SMILES string of the molecule is CN(C)CCNc1nccc2c(N)ccc(Cl)c12. The van der Waals surface area contributed by atoms with Gasteiger partial charge in [0.1, 0.15) is 5.82 Å². The number of aromatic nitrogens is 1. The minimum Gasteiger partial charge on any atom is -0.398 e. The predicted molar refractivity (Wildman–Crippen MR) is 78.2 cm³/mol. The van der Waals surface area contributed by atoms with Crippen molar-refractivity contribution in [1.82, 2.24) is 9.88 Å². The zero-order valence-electron chi connectivity index (χ0n) is 10.6. The number of fused-ring (bicyclic) bond motifs is 1. The maximum Gasteiger partial charge on any atom is 0.135 e. The van der Waals surface area contributed by atoms with Crippen LogP contribution in [0.5, 0.6) is 0 Å². The van der Waals surface area contributed by atoms with Gasteiger partial charge in [-0.1, -0.05) is 11.6 Å². The van der Waals surface area contributed by atoms with E-state index in [1.165, 1.54) is 0 Å². The van der Waals surface area contributed by atoms with Crippen molar-refractivity contribution in [2.75, 3.05) is 38.2 Å². The molecule has 0 bridgehead atoms. The number of hydrogen-bond acceptors (Lipinski definition) is 4. The third-order valence-corrected chi connectivity index (χ3v) is 3.08. The molecule has 3 N–H and O–H groups in total. The molecule has 0 radical (unpaired) electrons. The fourth-order valence-corrected chi connectivity index (χ4v) is 2.07. The van der Waals surface area contributed by atoms with Gasteiger partial charge in [-0.15, -0.1) is 0 Å². The molecule has 5 heteroatoms. The van der Waals surface area contributed by atoms with Gasteiger partial charge in [-0.05, 0) is 32.3 Å². The number of pyridine rings is 1. The summed E-state index contributed by atoms with van der Waals surface area (Å²) in [5, 5.41) is 5.78. The summed E-state index contributed by atoms with van der Waals surface area (Å²) in [4.78, 5) is 6.44. The summed E-state index contributed by atoms with van der Waals surface area (Å²) in [6.07, 6.45) is 1.74. The van der Waals surface area contributed by atoms with Crippen molar-refractivity contribution in [2.45, 2.75) is 0 Å². The Morgan fingerprint density at radius 3 is 2.83 bits per heavy atom. The van der Waals surface area contributed by atoms with E-state index in [4.69, 9.17) is 17.3 Å². The quantitative estimate of drug-likeness (QED) is 0.833. The van der Waals surface area contributed by atoms with Crippen LogP contribution < -0.4 is 11.1 Å². The van der Waals surface area contributed by atoms with Crippen LogP contribution in [0.4, 0.5) is 11.5 Å². The van der Waals surface area contributed by atoms with Crippen molar-refractivity contribution in [3.8, 4) is 0 Å². The van der Waals surface area contributed by atoms with Crippen LogP contribution in [0.15, 0.2) is 24.4 Å². The van der Waals surface area contributed by atoms with E-state index < -0.39 is 0 Å². The number of nitrogens with zero attached hydrogens (tertiary/aromatic N) is 2. The average Bonchev–Trinajstić information content (AvgIpc) is 2.33. The first-order valence-electron chi connectivity index (χ1n) is 5.81. The van der Waals surface area contributed by atoms with Crippen LogP contribution in [0.25, 0.3) is 10.8 Å². The lowest BCUT2D eigenvalue weighted by Gasteiger charge is -2.13. The Morgan fingerprint density at radius 2 is 2.11 bits per heavy atom. The minimum absolute atomic E-state index is 0.666. The molecule has 0 amide bonds. The number of nitrogens with one attached hydrogen (secondary N) is 1. The van der Waals surface area contributed by atoms with Crippen LogP contribution in [0.1, 0.15) is 0 Å². The van der Waals surface area contributed by atoms with E-state index in [1.54, 1.807) is 12.3 Å². The highest BCUT2D eigenvalue weighted by Gasteiger charge is 2.08. The Labute approximate surface area is 112 Å². The number of hydrogen-bond donors (Lipinski definition) is 2. The third-order valence-electron chi connectivity index (χ3n) is 2.76. The number of nitrogen functional groups attached to an aromatic ring is 1. The van der Waals surface area contributed by atoms with Crippen molar-refractivity contribution in [1.29, 1.82) is 0 Å². The fraction of sp³-hybridized carbons (Fsp3) is 0.308. The normalized spacial score (nSPS) is 11.1. The lowest BCUT2D eigenvalue weighted by molar-refractivity contribution is 0.425. The van der Waals surface area contributed by atoms with Gasteiger partial charge in [-0.25, -0.2) is 4.98 Å². The second kappa shape index (κ2) is 5.42. The molecule has 2 aromatic rings. The summed E-state index contributed by atoms with van der Waals surface area (Å²) in [5.41, 5.74) is 6.66. The van der Waals surface area contributed by atoms with Crippen LogP contribution in [-0.4, -0.2) is 37.1 Å². The number of likely N-dealkylation sites (N-methyl/N-ethyl adjacent to an activating group) is 1. The molecule has 0 aliphatic heterocycles. The molecule has 1 heterocycles. The largest absolute Gasteiger partial charge is 0.398 e. The molecule has 0 atom stereocenters. The maximum atomic E-state index is 6.23. The molecule has 0 spiro atoms. The number of rotatable bonds is 4. The standard InChI is InChI=1S/C13H17ClN4/c1-18(2)8-7-17-13-12-9(5-6-16-13)11(15)4-3-10(12)14/h3-6H,7-8,15H2,1-2H3,(H,16,17). The van der Waals surface area contributed by atoms with Crippen molar-refractivity contribution in [3.63, 3.8) is 0 Å². The molecule has 18 heavy (non-hydrogen) atoms. The van der Waals surface area contributed by atoms with Crippen LogP contribution in [-0.2, 0) is 0 Å². The molecule has 96 valence electrons. The summed E-state index contributed by atoms with van der Waals surface area (Å²) >= 11 is 6.23. The highest BCUT2D eigenvalue weighted by molar-refractivity contribution is 6.37. The number of halogens is 1. The Bertz CT molecular complexity index is 554. The van der Waals surface area contributed by atoms with E-state index in [0.717, 1.165) is 29.7 Å². The van der Waals surface area contributed by atoms with E-state index in [1.807, 2.05) is 26.2 Å². The van der Waals surface area contributed by atoms with Gasteiger partial charge < -0.3 is 16.0 Å². The van der Waals surface area contributed by atoms with Crippen LogP contribution in [0, 0.1) is 0 Å².